The molecule has 0 fully saturated rings. The smallest absolute Gasteiger partial charge is 0.264 e. The fourth-order valence-electron chi connectivity index (χ4n) is 2.27. The number of aliphatic hydroxyl groups is 1. The van der Waals surface area contributed by atoms with Gasteiger partial charge in [-0.15, -0.1) is 10.2 Å². The van der Waals surface area contributed by atoms with Crippen LogP contribution in [-0.2, 0) is 33.9 Å². The second kappa shape index (κ2) is 7.72. The van der Waals surface area contributed by atoms with Crippen molar-refractivity contribution in [2.75, 3.05) is 12.9 Å². The SMILES string of the molecule is CS(=O)(=O)OCCc1cn(Cc2ccc(-n3cc(CO)nn3)cc2)nn1. The van der Waals surface area contributed by atoms with Gasteiger partial charge in [0.15, 0.2) is 0 Å². The lowest BCUT2D eigenvalue weighted by Crippen LogP contribution is -2.06. The minimum absolute atomic E-state index is 0.0416. The van der Waals surface area contributed by atoms with E-state index in [1.54, 1.807) is 21.8 Å². The van der Waals surface area contributed by atoms with Crippen LogP contribution in [0.1, 0.15) is 17.0 Å². The summed E-state index contributed by atoms with van der Waals surface area (Å²) in [6, 6.07) is 7.65. The molecular formula is C15H18N6O4S. The van der Waals surface area contributed by atoms with E-state index in [2.05, 4.69) is 20.6 Å². The predicted molar refractivity (Wildman–Crippen MR) is 90.9 cm³/mol. The van der Waals surface area contributed by atoms with Gasteiger partial charge in [0, 0.05) is 12.6 Å². The van der Waals surface area contributed by atoms with E-state index in [0.29, 0.717) is 24.4 Å². The summed E-state index contributed by atoms with van der Waals surface area (Å²) in [6.07, 6.45) is 4.80. The highest BCUT2D eigenvalue weighted by atomic mass is 32.2. The number of rotatable bonds is 8. The van der Waals surface area contributed by atoms with Crippen LogP contribution in [-0.4, -0.2) is 56.4 Å². The van der Waals surface area contributed by atoms with Gasteiger partial charge in [-0.3, -0.25) is 4.18 Å². The van der Waals surface area contributed by atoms with E-state index >= 15 is 0 Å². The molecule has 0 bridgehead atoms. The molecule has 3 aromatic rings. The van der Waals surface area contributed by atoms with Crippen LogP contribution in [0.2, 0.25) is 0 Å². The fourth-order valence-corrected chi connectivity index (χ4v) is 2.65. The summed E-state index contributed by atoms with van der Waals surface area (Å²) in [5, 5.41) is 24.8. The summed E-state index contributed by atoms with van der Waals surface area (Å²) in [6.45, 7) is 0.418. The molecule has 0 saturated heterocycles. The van der Waals surface area contributed by atoms with E-state index in [4.69, 9.17) is 9.29 Å². The first-order chi connectivity index (χ1) is 12.4. The van der Waals surface area contributed by atoms with E-state index in [1.165, 1.54) is 0 Å². The van der Waals surface area contributed by atoms with Crippen molar-refractivity contribution in [2.45, 2.75) is 19.6 Å². The summed E-state index contributed by atoms with van der Waals surface area (Å²) in [7, 11) is -3.44. The van der Waals surface area contributed by atoms with Gasteiger partial charge in [-0.05, 0) is 17.7 Å². The average Bonchev–Trinajstić information content (AvgIpc) is 3.24. The lowest BCUT2D eigenvalue weighted by molar-refractivity contribution is 0.276. The van der Waals surface area contributed by atoms with Crippen LogP contribution in [0, 0.1) is 0 Å². The zero-order valence-corrected chi connectivity index (χ0v) is 14.9. The Morgan fingerprint density at radius 1 is 1.08 bits per heavy atom. The van der Waals surface area contributed by atoms with Gasteiger partial charge in [-0.2, -0.15) is 8.42 Å². The topological polar surface area (TPSA) is 125 Å². The summed E-state index contributed by atoms with van der Waals surface area (Å²) in [5.41, 5.74) is 3.01. The van der Waals surface area contributed by atoms with Crippen LogP contribution in [0.4, 0.5) is 0 Å². The lowest BCUT2D eigenvalue weighted by atomic mass is 10.2. The first kappa shape index (κ1) is 18.2. The van der Waals surface area contributed by atoms with E-state index in [0.717, 1.165) is 17.5 Å². The van der Waals surface area contributed by atoms with Gasteiger partial charge >= 0.3 is 0 Å². The summed E-state index contributed by atoms with van der Waals surface area (Å²) < 4.78 is 29.8. The van der Waals surface area contributed by atoms with Gasteiger partial charge in [-0.1, -0.05) is 22.6 Å². The van der Waals surface area contributed by atoms with Gasteiger partial charge in [0.1, 0.15) is 5.69 Å². The van der Waals surface area contributed by atoms with Crippen molar-refractivity contribution in [2.24, 2.45) is 0 Å². The molecule has 3 rings (SSSR count). The Balaban J connectivity index is 1.59. The number of hydrogen-bond acceptors (Lipinski definition) is 8. The second-order valence-corrected chi connectivity index (χ2v) is 7.31. The third kappa shape index (κ3) is 4.94. The summed E-state index contributed by atoms with van der Waals surface area (Å²) in [5.74, 6) is 0. The fraction of sp³-hybridized carbons (Fsp3) is 0.333. The van der Waals surface area contributed by atoms with Crippen LogP contribution in [0.5, 0.6) is 0 Å². The minimum atomic E-state index is -3.44. The molecule has 1 aromatic carbocycles. The molecule has 0 aliphatic rings. The molecule has 0 amide bonds. The van der Waals surface area contributed by atoms with Crippen LogP contribution >= 0.6 is 0 Å². The van der Waals surface area contributed by atoms with Gasteiger partial charge in [0.2, 0.25) is 0 Å². The highest BCUT2D eigenvalue weighted by molar-refractivity contribution is 7.85. The molecule has 10 nitrogen and oxygen atoms in total. The predicted octanol–water partition coefficient (Wildman–Crippen LogP) is -0.0819. The number of aliphatic hydroxyl groups excluding tert-OH is 1. The normalized spacial score (nSPS) is 11.8. The van der Waals surface area contributed by atoms with Crippen molar-refractivity contribution < 1.29 is 17.7 Å². The van der Waals surface area contributed by atoms with Crippen molar-refractivity contribution in [3.63, 3.8) is 0 Å². The Kier molecular flexibility index (Phi) is 5.40. The molecule has 1 N–H and O–H groups in total. The molecular weight excluding hydrogens is 360 g/mol. The Morgan fingerprint density at radius 2 is 1.81 bits per heavy atom. The summed E-state index contributed by atoms with van der Waals surface area (Å²) >= 11 is 0. The van der Waals surface area contributed by atoms with Crippen LogP contribution in [0.25, 0.3) is 5.69 Å². The molecule has 0 aliphatic carbocycles. The van der Waals surface area contributed by atoms with Gasteiger partial charge < -0.3 is 5.11 Å². The lowest BCUT2D eigenvalue weighted by Gasteiger charge is -2.03. The van der Waals surface area contributed by atoms with Crippen LogP contribution < -0.4 is 0 Å². The summed E-state index contributed by atoms with van der Waals surface area (Å²) in [4.78, 5) is 0. The Morgan fingerprint density at radius 3 is 2.46 bits per heavy atom. The molecule has 2 heterocycles. The van der Waals surface area contributed by atoms with E-state index in [1.807, 2.05) is 24.3 Å². The quantitative estimate of drug-likeness (QED) is 0.540. The van der Waals surface area contributed by atoms with Crippen molar-refractivity contribution in [1.82, 2.24) is 30.0 Å². The third-order valence-corrected chi connectivity index (χ3v) is 4.08. The molecule has 11 heteroatoms. The monoisotopic (exact) mass is 378 g/mol. The molecule has 0 saturated carbocycles. The maximum atomic E-state index is 10.9. The molecule has 138 valence electrons. The maximum absolute atomic E-state index is 10.9. The highest BCUT2D eigenvalue weighted by Gasteiger charge is 2.06. The van der Waals surface area contributed by atoms with Gasteiger partial charge in [0.25, 0.3) is 10.1 Å². The molecule has 0 spiro atoms. The number of aromatic nitrogens is 6. The average molecular weight is 378 g/mol. The minimum Gasteiger partial charge on any atom is -0.390 e. The first-order valence-corrected chi connectivity index (χ1v) is 9.59. The first-order valence-electron chi connectivity index (χ1n) is 7.78. The highest BCUT2D eigenvalue weighted by Crippen LogP contribution is 2.10. The Labute approximate surface area is 150 Å². The van der Waals surface area contributed by atoms with Crippen molar-refractivity contribution >= 4 is 10.1 Å². The largest absolute Gasteiger partial charge is 0.390 e. The molecule has 0 atom stereocenters. The van der Waals surface area contributed by atoms with E-state index in [-0.39, 0.29) is 13.2 Å². The molecule has 26 heavy (non-hydrogen) atoms. The number of hydrogen-bond donors (Lipinski definition) is 1. The van der Waals surface area contributed by atoms with E-state index < -0.39 is 10.1 Å². The standard InChI is InChI=1S/C15H18N6O4S/c1-26(23,24)25-7-6-13-9-20(18-16-13)8-12-2-4-15(5-3-12)21-10-14(11-22)17-19-21/h2-5,9-10,22H,6-8,11H2,1H3. The Bertz CT molecular complexity index is 964. The van der Waals surface area contributed by atoms with Crippen molar-refractivity contribution in [1.29, 1.82) is 0 Å². The second-order valence-electron chi connectivity index (χ2n) is 5.66. The molecule has 0 aliphatic heterocycles. The van der Waals surface area contributed by atoms with Crippen LogP contribution in [0.3, 0.4) is 0 Å². The number of nitrogens with zero attached hydrogens (tertiary/aromatic N) is 6. The maximum Gasteiger partial charge on any atom is 0.264 e. The Hall–Kier alpha value is -2.63. The zero-order valence-electron chi connectivity index (χ0n) is 14.1. The number of benzene rings is 1. The third-order valence-electron chi connectivity index (χ3n) is 3.49. The van der Waals surface area contributed by atoms with Gasteiger partial charge in [0.05, 0.1) is 43.6 Å². The van der Waals surface area contributed by atoms with Crippen LogP contribution in [0.15, 0.2) is 36.7 Å². The molecule has 2 aromatic heterocycles. The van der Waals surface area contributed by atoms with Crippen molar-refractivity contribution in [3.05, 3.63) is 53.6 Å². The van der Waals surface area contributed by atoms with Gasteiger partial charge in [-0.25, -0.2) is 9.36 Å². The molecule has 0 unspecified atom stereocenters. The molecule has 0 radical (unpaired) electrons. The van der Waals surface area contributed by atoms with Crippen molar-refractivity contribution in [3.8, 4) is 5.69 Å². The zero-order chi connectivity index (χ0) is 18.6. The van der Waals surface area contributed by atoms with E-state index in [9.17, 15) is 8.42 Å².